The standard InChI is InChI=1S/C33H33BrO4/c34-26-13-14-28-27-9-3-6-12-31(27)33(32(28)23-26,29-10-4-1-7-24(29)15-19-37-21-17-35)30-11-5-2-8-25(30)16-20-38-22-18-36/h1-14,23,35-36H,15-22H2. The van der Waals surface area contributed by atoms with Gasteiger partial charge in [-0.15, -0.1) is 0 Å². The molecule has 0 bridgehead atoms. The molecule has 5 heteroatoms. The highest BCUT2D eigenvalue weighted by Gasteiger charge is 2.47. The lowest BCUT2D eigenvalue weighted by atomic mass is 9.65. The third kappa shape index (κ3) is 4.97. The van der Waals surface area contributed by atoms with Crippen molar-refractivity contribution >= 4 is 15.9 Å². The van der Waals surface area contributed by atoms with Crippen molar-refractivity contribution in [1.82, 2.24) is 0 Å². The fourth-order valence-corrected chi connectivity index (χ4v) is 6.24. The van der Waals surface area contributed by atoms with Crippen molar-refractivity contribution < 1.29 is 19.7 Å². The molecule has 0 unspecified atom stereocenters. The van der Waals surface area contributed by atoms with E-state index in [0.717, 1.165) is 17.3 Å². The molecule has 4 aromatic rings. The van der Waals surface area contributed by atoms with Crippen molar-refractivity contribution in [3.63, 3.8) is 0 Å². The van der Waals surface area contributed by atoms with Crippen LogP contribution >= 0.6 is 15.9 Å². The van der Waals surface area contributed by atoms with E-state index in [2.05, 4.69) is 107 Å². The van der Waals surface area contributed by atoms with Gasteiger partial charge in [-0.05, 0) is 69.5 Å². The fraction of sp³-hybridized carbons (Fsp3) is 0.273. The van der Waals surface area contributed by atoms with E-state index in [0.29, 0.717) is 26.4 Å². The van der Waals surface area contributed by atoms with Gasteiger partial charge in [0.1, 0.15) is 0 Å². The number of hydrogen-bond acceptors (Lipinski definition) is 4. The second-order valence-corrected chi connectivity index (χ2v) is 10.4. The van der Waals surface area contributed by atoms with Crippen molar-refractivity contribution in [2.45, 2.75) is 18.3 Å². The van der Waals surface area contributed by atoms with Crippen LogP contribution in [0.25, 0.3) is 11.1 Å². The topological polar surface area (TPSA) is 58.9 Å². The number of halogens is 1. The molecular formula is C33H33BrO4. The second kappa shape index (κ2) is 12.4. The molecule has 0 aliphatic heterocycles. The summed E-state index contributed by atoms with van der Waals surface area (Å²) in [5.41, 5.74) is 9.38. The Bertz CT molecular complexity index is 1330. The van der Waals surface area contributed by atoms with Gasteiger partial charge in [0.05, 0.1) is 45.1 Å². The molecule has 0 saturated heterocycles. The van der Waals surface area contributed by atoms with Crippen LogP contribution in [0.4, 0.5) is 0 Å². The van der Waals surface area contributed by atoms with Crippen molar-refractivity contribution in [3.8, 4) is 11.1 Å². The van der Waals surface area contributed by atoms with Crippen LogP contribution in [0.15, 0.2) is 95.5 Å². The van der Waals surface area contributed by atoms with Gasteiger partial charge in [-0.2, -0.15) is 0 Å². The van der Waals surface area contributed by atoms with E-state index in [1.165, 1.54) is 44.5 Å². The molecule has 5 rings (SSSR count). The first-order chi connectivity index (χ1) is 18.7. The summed E-state index contributed by atoms with van der Waals surface area (Å²) in [5, 5.41) is 18.4. The number of aliphatic hydroxyl groups is 2. The van der Waals surface area contributed by atoms with Gasteiger partial charge >= 0.3 is 0 Å². The van der Waals surface area contributed by atoms with Crippen LogP contribution in [0.3, 0.4) is 0 Å². The van der Waals surface area contributed by atoms with Crippen LogP contribution in [0.2, 0.25) is 0 Å². The molecule has 1 aliphatic rings. The van der Waals surface area contributed by atoms with E-state index in [1.807, 2.05) is 0 Å². The van der Waals surface area contributed by atoms with Crippen molar-refractivity contribution in [2.24, 2.45) is 0 Å². The number of fused-ring (bicyclic) bond motifs is 3. The predicted octanol–water partition coefficient (Wildman–Crippen LogP) is 5.92. The summed E-state index contributed by atoms with van der Waals surface area (Å²) in [6, 6.07) is 32.7. The quantitative estimate of drug-likeness (QED) is 0.182. The molecule has 1 aliphatic carbocycles. The maximum atomic E-state index is 9.21. The lowest BCUT2D eigenvalue weighted by molar-refractivity contribution is 0.0941. The highest BCUT2D eigenvalue weighted by atomic mass is 79.9. The first kappa shape index (κ1) is 26.8. The monoisotopic (exact) mass is 572 g/mol. The average Bonchev–Trinajstić information content (AvgIpc) is 3.24. The van der Waals surface area contributed by atoms with Gasteiger partial charge < -0.3 is 19.7 Å². The largest absolute Gasteiger partial charge is 0.394 e. The molecule has 0 heterocycles. The predicted molar refractivity (Wildman–Crippen MR) is 155 cm³/mol. The summed E-state index contributed by atoms with van der Waals surface area (Å²) in [7, 11) is 0. The van der Waals surface area contributed by atoms with E-state index in [9.17, 15) is 10.2 Å². The number of benzene rings is 4. The summed E-state index contributed by atoms with van der Waals surface area (Å²) in [5.74, 6) is 0. The maximum absolute atomic E-state index is 9.21. The zero-order valence-electron chi connectivity index (χ0n) is 21.4. The SMILES string of the molecule is OCCOCCc1ccccc1C1(c2ccccc2CCOCCO)c2ccccc2-c2ccc(Br)cc21. The molecular weight excluding hydrogens is 540 g/mol. The first-order valence-corrected chi connectivity index (χ1v) is 13.9. The highest BCUT2D eigenvalue weighted by molar-refractivity contribution is 9.10. The Morgan fingerprint density at radius 3 is 1.63 bits per heavy atom. The molecule has 0 fully saturated rings. The van der Waals surface area contributed by atoms with Gasteiger partial charge in [-0.25, -0.2) is 0 Å². The summed E-state index contributed by atoms with van der Waals surface area (Å²) >= 11 is 3.77. The van der Waals surface area contributed by atoms with Gasteiger partial charge in [0, 0.05) is 4.47 Å². The van der Waals surface area contributed by atoms with Gasteiger partial charge in [0.15, 0.2) is 0 Å². The Kier molecular flexibility index (Phi) is 8.72. The average molecular weight is 574 g/mol. The third-order valence-electron chi connectivity index (χ3n) is 7.35. The van der Waals surface area contributed by atoms with Crippen LogP contribution < -0.4 is 0 Å². The van der Waals surface area contributed by atoms with E-state index < -0.39 is 5.41 Å². The number of ether oxygens (including phenoxy) is 2. The highest BCUT2D eigenvalue weighted by Crippen LogP contribution is 2.57. The number of hydrogen-bond donors (Lipinski definition) is 2. The molecule has 4 nitrogen and oxygen atoms in total. The van der Waals surface area contributed by atoms with E-state index in [1.54, 1.807) is 0 Å². The Labute approximate surface area is 233 Å². The zero-order chi connectivity index (χ0) is 26.4. The Balaban J connectivity index is 1.77. The van der Waals surface area contributed by atoms with Crippen molar-refractivity contribution in [3.05, 3.63) is 129 Å². The van der Waals surface area contributed by atoms with Crippen molar-refractivity contribution in [2.75, 3.05) is 39.6 Å². The molecule has 0 saturated carbocycles. The van der Waals surface area contributed by atoms with Crippen LogP contribution in [0.5, 0.6) is 0 Å². The lowest BCUT2D eigenvalue weighted by Crippen LogP contribution is -2.31. The summed E-state index contributed by atoms with van der Waals surface area (Å²) in [4.78, 5) is 0. The smallest absolute Gasteiger partial charge is 0.0719 e. The van der Waals surface area contributed by atoms with Crippen LogP contribution in [0, 0.1) is 0 Å². The molecule has 0 atom stereocenters. The van der Waals surface area contributed by atoms with Crippen LogP contribution in [0.1, 0.15) is 33.4 Å². The maximum Gasteiger partial charge on any atom is 0.0719 e. The Hall–Kier alpha value is -2.80. The normalized spacial score (nSPS) is 13.3. The summed E-state index contributed by atoms with van der Waals surface area (Å²) in [6.45, 7) is 1.79. The Morgan fingerprint density at radius 1 is 0.553 bits per heavy atom. The van der Waals surface area contributed by atoms with E-state index in [4.69, 9.17) is 9.47 Å². The fourth-order valence-electron chi connectivity index (χ4n) is 5.88. The van der Waals surface area contributed by atoms with Gasteiger partial charge in [0.2, 0.25) is 0 Å². The van der Waals surface area contributed by atoms with Gasteiger partial charge in [0.25, 0.3) is 0 Å². The van der Waals surface area contributed by atoms with Gasteiger partial charge in [-0.3, -0.25) is 0 Å². The minimum Gasteiger partial charge on any atom is -0.394 e. The minimum absolute atomic E-state index is 0.0199. The molecule has 196 valence electrons. The second-order valence-electron chi connectivity index (χ2n) is 9.47. The molecule has 2 N–H and O–H groups in total. The van der Waals surface area contributed by atoms with E-state index in [-0.39, 0.29) is 13.2 Å². The van der Waals surface area contributed by atoms with Crippen molar-refractivity contribution in [1.29, 1.82) is 0 Å². The number of rotatable bonds is 12. The lowest BCUT2D eigenvalue weighted by Gasteiger charge is -2.37. The molecule has 4 aromatic carbocycles. The molecule has 0 spiro atoms. The summed E-state index contributed by atoms with van der Waals surface area (Å²) in [6.07, 6.45) is 1.48. The van der Waals surface area contributed by atoms with Crippen LogP contribution in [-0.2, 0) is 27.7 Å². The Morgan fingerprint density at radius 2 is 1.05 bits per heavy atom. The molecule has 0 aromatic heterocycles. The summed E-state index contributed by atoms with van der Waals surface area (Å²) < 4.78 is 12.5. The molecule has 38 heavy (non-hydrogen) atoms. The van der Waals surface area contributed by atoms with E-state index >= 15 is 0 Å². The van der Waals surface area contributed by atoms with Gasteiger partial charge in [-0.1, -0.05) is 94.8 Å². The number of aliphatic hydroxyl groups excluding tert-OH is 2. The molecule has 0 amide bonds. The minimum atomic E-state index is -0.531. The van der Waals surface area contributed by atoms with Crippen LogP contribution in [-0.4, -0.2) is 49.9 Å². The molecule has 0 radical (unpaired) electrons. The first-order valence-electron chi connectivity index (χ1n) is 13.2. The zero-order valence-corrected chi connectivity index (χ0v) is 23.0. The third-order valence-corrected chi connectivity index (χ3v) is 7.85.